The summed E-state index contributed by atoms with van der Waals surface area (Å²) in [5.41, 5.74) is 2.97. The third-order valence-electron chi connectivity index (χ3n) is 2.66. The fourth-order valence-electron chi connectivity index (χ4n) is 1.66. The van der Waals surface area contributed by atoms with E-state index in [9.17, 15) is 9.59 Å². The van der Waals surface area contributed by atoms with Crippen molar-refractivity contribution < 1.29 is 9.59 Å². The number of hydrogen-bond donors (Lipinski definition) is 2. The van der Waals surface area contributed by atoms with Crippen LogP contribution in [0.15, 0.2) is 48.5 Å². The molecule has 2 rings (SSSR count). The van der Waals surface area contributed by atoms with E-state index in [-0.39, 0.29) is 5.91 Å². The molecule has 0 aromatic heterocycles. The summed E-state index contributed by atoms with van der Waals surface area (Å²) in [4.78, 5) is 22.4. The van der Waals surface area contributed by atoms with Crippen LogP contribution in [0.5, 0.6) is 0 Å². The van der Waals surface area contributed by atoms with Gasteiger partial charge >= 0.3 is 0 Å². The van der Waals surface area contributed by atoms with Crippen LogP contribution in [0.25, 0.3) is 0 Å². The highest BCUT2D eigenvalue weighted by Gasteiger charge is 2.05. The second kappa shape index (κ2) is 5.82. The fraction of sp³-hybridized carbons (Fsp3) is 0.0667. The number of nitrogens with one attached hydrogen (secondary N) is 2. The van der Waals surface area contributed by atoms with Gasteiger partial charge < -0.3 is 10.6 Å². The minimum atomic E-state index is -0.178. The molecule has 0 unspecified atom stereocenters. The van der Waals surface area contributed by atoms with Crippen molar-refractivity contribution in [3.05, 3.63) is 59.7 Å². The van der Waals surface area contributed by atoms with E-state index in [1.165, 1.54) is 0 Å². The normalized spacial score (nSPS) is 9.74. The summed E-state index contributed by atoms with van der Waals surface area (Å²) < 4.78 is 0. The van der Waals surface area contributed by atoms with Crippen molar-refractivity contribution in [3.8, 4) is 0 Å². The van der Waals surface area contributed by atoms with Gasteiger partial charge in [-0.25, -0.2) is 0 Å². The van der Waals surface area contributed by atoms with E-state index in [2.05, 4.69) is 10.6 Å². The molecular formula is C15H14N2O2. The van der Waals surface area contributed by atoms with Crippen molar-refractivity contribution in [1.82, 2.24) is 0 Å². The first-order valence-electron chi connectivity index (χ1n) is 5.87. The third-order valence-corrected chi connectivity index (χ3v) is 2.66. The Hall–Kier alpha value is -2.62. The molecule has 4 heteroatoms. The Bertz CT molecular complexity index is 591. The Morgan fingerprint density at radius 1 is 1.05 bits per heavy atom. The average molecular weight is 254 g/mol. The predicted molar refractivity (Wildman–Crippen MR) is 75.3 cm³/mol. The van der Waals surface area contributed by atoms with Gasteiger partial charge in [0.1, 0.15) is 0 Å². The smallest absolute Gasteiger partial charge is 0.255 e. The number of carbonyl (C=O) groups is 2. The molecule has 0 aliphatic heterocycles. The summed E-state index contributed by atoms with van der Waals surface area (Å²) in [6, 6.07) is 14.3. The van der Waals surface area contributed by atoms with Gasteiger partial charge in [-0.05, 0) is 37.3 Å². The van der Waals surface area contributed by atoms with E-state index in [0.717, 1.165) is 5.56 Å². The van der Waals surface area contributed by atoms with Gasteiger partial charge in [0, 0.05) is 16.9 Å². The number of anilines is 2. The number of rotatable bonds is 4. The molecule has 0 aliphatic rings. The first-order chi connectivity index (χ1) is 9.19. The average Bonchev–Trinajstić information content (AvgIpc) is 2.40. The van der Waals surface area contributed by atoms with Gasteiger partial charge in [-0.3, -0.25) is 9.59 Å². The second-order valence-electron chi connectivity index (χ2n) is 4.16. The van der Waals surface area contributed by atoms with Gasteiger partial charge in [0.25, 0.3) is 5.91 Å². The maximum atomic E-state index is 12.0. The van der Waals surface area contributed by atoms with Crippen molar-refractivity contribution in [1.29, 1.82) is 0 Å². The summed E-state index contributed by atoms with van der Waals surface area (Å²) in [7, 11) is 0. The van der Waals surface area contributed by atoms with E-state index in [1.807, 2.05) is 19.1 Å². The Kier molecular flexibility index (Phi) is 3.93. The van der Waals surface area contributed by atoms with Crippen LogP contribution in [0, 0.1) is 6.92 Å². The largest absolute Gasteiger partial charge is 0.329 e. The monoisotopic (exact) mass is 254 g/mol. The van der Waals surface area contributed by atoms with Crippen LogP contribution >= 0.6 is 0 Å². The molecule has 0 bridgehead atoms. The Balaban J connectivity index is 2.12. The number of amides is 2. The van der Waals surface area contributed by atoms with Crippen LogP contribution < -0.4 is 10.6 Å². The molecule has 0 radical (unpaired) electrons. The van der Waals surface area contributed by atoms with Gasteiger partial charge in [0.05, 0.1) is 0 Å². The molecule has 0 atom stereocenters. The molecule has 0 aliphatic carbocycles. The number of carbonyl (C=O) groups excluding carboxylic acids is 2. The first kappa shape index (κ1) is 12.8. The summed E-state index contributed by atoms with van der Waals surface area (Å²) in [5, 5.41) is 5.32. The van der Waals surface area contributed by atoms with Crippen LogP contribution in [-0.4, -0.2) is 12.3 Å². The highest BCUT2D eigenvalue weighted by atomic mass is 16.1. The van der Waals surface area contributed by atoms with Crippen molar-refractivity contribution in [3.63, 3.8) is 0 Å². The van der Waals surface area contributed by atoms with E-state index in [1.54, 1.807) is 36.4 Å². The lowest BCUT2D eigenvalue weighted by molar-refractivity contribution is -0.105. The standard InChI is InChI=1S/C15H14N2O2/c1-11-5-7-12(8-6-11)15(19)17-14-4-2-3-13(9-14)16-10-18/h2-10H,1H3,(H,16,18)(H,17,19). The molecule has 0 saturated heterocycles. The number of hydrogen-bond acceptors (Lipinski definition) is 2. The van der Waals surface area contributed by atoms with Crippen LogP contribution in [0.1, 0.15) is 15.9 Å². The predicted octanol–water partition coefficient (Wildman–Crippen LogP) is 2.82. The highest BCUT2D eigenvalue weighted by molar-refractivity contribution is 6.04. The zero-order chi connectivity index (χ0) is 13.7. The summed E-state index contributed by atoms with van der Waals surface area (Å²) in [6.45, 7) is 1.97. The molecule has 2 aromatic rings. The van der Waals surface area contributed by atoms with Gasteiger partial charge in [-0.2, -0.15) is 0 Å². The zero-order valence-corrected chi connectivity index (χ0v) is 10.5. The molecule has 2 aromatic carbocycles. The molecule has 96 valence electrons. The number of benzene rings is 2. The molecule has 0 saturated carbocycles. The third kappa shape index (κ3) is 3.42. The minimum Gasteiger partial charge on any atom is -0.329 e. The molecule has 19 heavy (non-hydrogen) atoms. The van der Waals surface area contributed by atoms with Gasteiger partial charge in [0.2, 0.25) is 6.41 Å². The molecule has 4 nitrogen and oxygen atoms in total. The lowest BCUT2D eigenvalue weighted by Crippen LogP contribution is -2.11. The SMILES string of the molecule is Cc1ccc(C(=O)Nc2cccc(NC=O)c2)cc1. The number of aryl methyl sites for hydroxylation is 1. The van der Waals surface area contributed by atoms with Crippen molar-refractivity contribution >= 4 is 23.7 Å². The molecule has 0 heterocycles. The van der Waals surface area contributed by atoms with Crippen LogP contribution in [0.3, 0.4) is 0 Å². The molecule has 2 amide bonds. The Labute approximate surface area is 111 Å². The van der Waals surface area contributed by atoms with Crippen LogP contribution in [0.4, 0.5) is 11.4 Å². The van der Waals surface area contributed by atoms with Crippen LogP contribution in [-0.2, 0) is 4.79 Å². The first-order valence-corrected chi connectivity index (χ1v) is 5.87. The van der Waals surface area contributed by atoms with Gasteiger partial charge in [0.15, 0.2) is 0 Å². The minimum absolute atomic E-state index is 0.178. The van der Waals surface area contributed by atoms with Gasteiger partial charge in [-0.15, -0.1) is 0 Å². The van der Waals surface area contributed by atoms with Crippen LogP contribution in [0.2, 0.25) is 0 Å². The van der Waals surface area contributed by atoms with Gasteiger partial charge in [-0.1, -0.05) is 23.8 Å². The Morgan fingerprint density at radius 2 is 1.74 bits per heavy atom. The lowest BCUT2D eigenvalue weighted by Gasteiger charge is -2.07. The van der Waals surface area contributed by atoms with E-state index < -0.39 is 0 Å². The summed E-state index contributed by atoms with van der Waals surface area (Å²) in [6.07, 6.45) is 0.598. The molecule has 0 fully saturated rings. The fourth-order valence-corrected chi connectivity index (χ4v) is 1.66. The maximum absolute atomic E-state index is 12.0. The van der Waals surface area contributed by atoms with E-state index in [4.69, 9.17) is 0 Å². The summed E-state index contributed by atoms with van der Waals surface area (Å²) >= 11 is 0. The highest BCUT2D eigenvalue weighted by Crippen LogP contribution is 2.15. The second-order valence-corrected chi connectivity index (χ2v) is 4.16. The van der Waals surface area contributed by atoms with E-state index >= 15 is 0 Å². The lowest BCUT2D eigenvalue weighted by atomic mass is 10.1. The van der Waals surface area contributed by atoms with Crippen molar-refractivity contribution in [2.45, 2.75) is 6.92 Å². The van der Waals surface area contributed by atoms with Crippen molar-refractivity contribution in [2.75, 3.05) is 10.6 Å². The molecule has 0 spiro atoms. The Morgan fingerprint density at radius 3 is 2.42 bits per heavy atom. The molecular weight excluding hydrogens is 240 g/mol. The quantitative estimate of drug-likeness (QED) is 0.824. The molecule has 2 N–H and O–H groups in total. The van der Waals surface area contributed by atoms with E-state index in [0.29, 0.717) is 23.3 Å². The summed E-state index contributed by atoms with van der Waals surface area (Å²) in [5.74, 6) is -0.178. The topological polar surface area (TPSA) is 58.2 Å². The van der Waals surface area contributed by atoms with Crippen molar-refractivity contribution in [2.24, 2.45) is 0 Å². The zero-order valence-electron chi connectivity index (χ0n) is 10.5. The maximum Gasteiger partial charge on any atom is 0.255 e.